The Morgan fingerprint density at radius 3 is 1.57 bits per heavy atom. The van der Waals surface area contributed by atoms with Crippen molar-refractivity contribution in [3.05, 3.63) is 38.0 Å². The molecule has 0 heterocycles. The van der Waals surface area contributed by atoms with E-state index in [0.29, 0.717) is 32.3 Å². The Morgan fingerprint density at radius 1 is 0.667 bits per heavy atom. The molecule has 1 rings (SSSR count). The normalized spacial score (nSPS) is 20.6. The predicted octanol–water partition coefficient (Wildman–Crippen LogP) is 4.55. The summed E-state index contributed by atoms with van der Waals surface area (Å²) >= 11 is 0. The van der Waals surface area contributed by atoms with Crippen molar-refractivity contribution in [1.82, 2.24) is 0 Å². The monoisotopic (exact) mass is 420 g/mol. The summed E-state index contributed by atoms with van der Waals surface area (Å²) in [4.78, 5) is 37.7. The van der Waals surface area contributed by atoms with Gasteiger partial charge in [0.2, 0.25) is 0 Å². The highest BCUT2D eigenvalue weighted by molar-refractivity contribution is 5.83. The van der Waals surface area contributed by atoms with Crippen molar-refractivity contribution in [2.75, 3.05) is 19.8 Å². The first kappa shape index (κ1) is 25.7. The molecular formula is C24H36O6. The molecule has 3 atom stereocenters. The molecule has 1 fully saturated rings. The van der Waals surface area contributed by atoms with Crippen molar-refractivity contribution in [1.29, 1.82) is 0 Å². The van der Waals surface area contributed by atoms with Gasteiger partial charge in [0.05, 0.1) is 37.6 Å². The van der Waals surface area contributed by atoms with Gasteiger partial charge in [0.15, 0.2) is 0 Å². The van der Waals surface area contributed by atoms with E-state index >= 15 is 0 Å². The molecular weight excluding hydrogens is 384 g/mol. The average molecular weight is 421 g/mol. The van der Waals surface area contributed by atoms with Crippen LogP contribution in [-0.4, -0.2) is 37.7 Å². The number of unbranched alkanes of at least 4 members (excludes halogenated alkanes) is 3. The Bertz CT molecular complexity index is 582. The first-order chi connectivity index (χ1) is 14.5. The highest BCUT2D eigenvalue weighted by atomic mass is 16.5. The van der Waals surface area contributed by atoms with E-state index in [1.165, 1.54) is 0 Å². The van der Waals surface area contributed by atoms with Gasteiger partial charge in [0, 0.05) is 0 Å². The van der Waals surface area contributed by atoms with Crippen LogP contribution >= 0.6 is 0 Å². The highest BCUT2D eigenvalue weighted by Crippen LogP contribution is 2.36. The van der Waals surface area contributed by atoms with Gasteiger partial charge >= 0.3 is 17.9 Å². The number of rotatable bonds is 15. The van der Waals surface area contributed by atoms with Crippen LogP contribution in [0.15, 0.2) is 38.0 Å². The summed E-state index contributed by atoms with van der Waals surface area (Å²) in [5.74, 6) is -2.86. The summed E-state index contributed by atoms with van der Waals surface area (Å²) in [6, 6.07) is 0. The smallest absolute Gasteiger partial charge is 0.309 e. The molecule has 0 spiro atoms. The molecule has 1 aliphatic rings. The summed E-state index contributed by atoms with van der Waals surface area (Å²) in [7, 11) is 0. The molecule has 0 aromatic heterocycles. The molecule has 6 nitrogen and oxygen atoms in total. The standard InChI is InChI=1S/C24H36O6/c1-4-7-10-15-28-22(25)19-13-14-20(23(26)29-16-11-8-5-2)21(18-19)24(27)30-17-12-9-6-3/h4-6,19-21H,1-3,7-18H2. The lowest BCUT2D eigenvalue weighted by atomic mass is 9.74. The fourth-order valence-corrected chi connectivity index (χ4v) is 3.46. The van der Waals surface area contributed by atoms with Crippen molar-refractivity contribution in [2.24, 2.45) is 17.8 Å². The molecule has 168 valence electrons. The van der Waals surface area contributed by atoms with Crippen LogP contribution in [0, 0.1) is 17.8 Å². The molecule has 0 aliphatic heterocycles. The van der Waals surface area contributed by atoms with Crippen LogP contribution in [0.25, 0.3) is 0 Å². The van der Waals surface area contributed by atoms with Crippen molar-refractivity contribution in [3.63, 3.8) is 0 Å². The van der Waals surface area contributed by atoms with Gasteiger partial charge in [-0.1, -0.05) is 18.2 Å². The number of hydrogen-bond donors (Lipinski definition) is 0. The summed E-state index contributed by atoms with van der Waals surface area (Å²) < 4.78 is 16.1. The van der Waals surface area contributed by atoms with Crippen LogP contribution in [-0.2, 0) is 28.6 Å². The minimum atomic E-state index is -0.694. The zero-order valence-electron chi connectivity index (χ0n) is 18.0. The van der Waals surface area contributed by atoms with Gasteiger partial charge in [-0.05, 0) is 57.8 Å². The molecule has 0 bridgehead atoms. The molecule has 0 saturated heterocycles. The number of ether oxygens (including phenoxy) is 3. The Hall–Kier alpha value is -2.37. The van der Waals surface area contributed by atoms with Crippen LogP contribution in [0.5, 0.6) is 0 Å². The summed E-state index contributed by atoms with van der Waals surface area (Å²) in [6.07, 6.45) is 10.8. The number of hydrogen-bond acceptors (Lipinski definition) is 6. The van der Waals surface area contributed by atoms with E-state index in [0.717, 1.165) is 25.7 Å². The van der Waals surface area contributed by atoms with Gasteiger partial charge in [-0.3, -0.25) is 14.4 Å². The van der Waals surface area contributed by atoms with Crippen LogP contribution < -0.4 is 0 Å². The van der Waals surface area contributed by atoms with E-state index in [-0.39, 0.29) is 25.6 Å². The fraction of sp³-hybridized carbons (Fsp3) is 0.625. The maximum absolute atomic E-state index is 12.7. The lowest BCUT2D eigenvalue weighted by Gasteiger charge is -2.32. The maximum Gasteiger partial charge on any atom is 0.309 e. The summed E-state index contributed by atoms with van der Waals surface area (Å²) in [5.41, 5.74) is 0. The molecule has 0 radical (unpaired) electrons. The van der Waals surface area contributed by atoms with E-state index < -0.39 is 29.7 Å². The fourth-order valence-electron chi connectivity index (χ4n) is 3.46. The van der Waals surface area contributed by atoms with Gasteiger partial charge in [0.1, 0.15) is 0 Å². The summed E-state index contributed by atoms with van der Waals surface area (Å²) in [5, 5.41) is 0. The van der Waals surface area contributed by atoms with Crippen LogP contribution in [0.3, 0.4) is 0 Å². The minimum absolute atomic E-state index is 0.243. The molecule has 0 aromatic carbocycles. The Kier molecular flexibility index (Phi) is 13.2. The second-order valence-electron chi connectivity index (χ2n) is 7.52. The van der Waals surface area contributed by atoms with Crippen LogP contribution in [0.4, 0.5) is 0 Å². The number of allylic oxidation sites excluding steroid dienone is 3. The second kappa shape index (κ2) is 15.5. The lowest BCUT2D eigenvalue weighted by Crippen LogP contribution is -2.40. The molecule has 1 saturated carbocycles. The molecule has 6 heteroatoms. The topological polar surface area (TPSA) is 78.9 Å². The van der Waals surface area contributed by atoms with E-state index in [2.05, 4.69) is 19.7 Å². The third-order valence-electron chi connectivity index (χ3n) is 5.18. The lowest BCUT2D eigenvalue weighted by molar-refractivity contribution is -0.167. The molecule has 0 aromatic rings. The third-order valence-corrected chi connectivity index (χ3v) is 5.18. The van der Waals surface area contributed by atoms with Crippen molar-refractivity contribution in [3.8, 4) is 0 Å². The number of carbonyl (C=O) groups is 3. The van der Waals surface area contributed by atoms with Crippen LogP contribution in [0.2, 0.25) is 0 Å². The molecule has 0 amide bonds. The number of carbonyl (C=O) groups excluding carboxylic acids is 3. The van der Waals surface area contributed by atoms with E-state index in [9.17, 15) is 14.4 Å². The van der Waals surface area contributed by atoms with Crippen LogP contribution in [0.1, 0.15) is 57.8 Å². The SMILES string of the molecule is C=CCCCOC(=O)C1CCC(C(=O)OCCCC=C)C(C(=O)OCCCC=C)C1. The Labute approximate surface area is 180 Å². The quantitative estimate of drug-likeness (QED) is 0.167. The molecule has 3 unspecified atom stereocenters. The molecule has 0 N–H and O–H groups in total. The zero-order valence-corrected chi connectivity index (χ0v) is 18.0. The van der Waals surface area contributed by atoms with Gasteiger partial charge in [-0.15, -0.1) is 19.7 Å². The van der Waals surface area contributed by atoms with Crippen molar-refractivity contribution < 1.29 is 28.6 Å². The third kappa shape index (κ3) is 9.42. The average Bonchev–Trinajstić information content (AvgIpc) is 2.76. The Balaban J connectivity index is 2.70. The first-order valence-corrected chi connectivity index (χ1v) is 10.9. The van der Waals surface area contributed by atoms with E-state index in [4.69, 9.17) is 14.2 Å². The van der Waals surface area contributed by atoms with E-state index in [1.54, 1.807) is 18.2 Å². The van der Waals surface area contributed by atoms with Gasteiger partial charge < -0.3 is 14.2 Å². The van der Waals surface area contributed by atoms with Gasteiger partial charge in [-0.25, -0.2) is 0 Å². The molecule has 30 heavy (non-hydrogen) atoms. The Morgan fingerprint density at radius 2 is 1.10 bits per heavy atom. The predicted molar refractivity (Wildman–Crippen MR) is 115 cm³/mol. The molecule has 1 aliphatic carbocycles. The zero-order chi connectivity index (χ0) is 22.2. The van der Waals surface area contributed by atoms with Gasteiger partial charge in [-0.2, -0.15) is 0 Å². The van der Waals surface area contributed by atoms with E-state index in [1.807, 2.05) is 0 Å². The minimum Gasteiger partial charge on any atom is -0.465 e. The van der Waals surface area contributed by atoms with Crippen molar-refractivity contribution >= 4 is 17.9 Å². The summed E-state index contributed by atoms with van der Waals surface area (Å²) in [6.45, 7) is 11.8. The maximum atomic E-state index is 12.7. The van der Waals surface area contributed by atoms with Gasteiger partial charge in [0.25, 0.3) is 0 Å². The highest BCUT2D eigenvalue weighted by Gasteiger charge is 2.43. The van der Waals surface area contributed by atoms with Crippen molar-refractivity contribution in [2.45, 2.75) is 57.8 Å². The second-order valence-corrected chi connectivity index (χ2v) is 7.52. The number of esters is 3. The largest absolute Gasteiger partial charge is 0.465 e. The first-order valence-electron chi connectivity index (χ1n) is 10.9.